The SMILES string of the molecule is Cc1cc(C(C)C)nc(N2C[C@@H](O)[C@H](N3CCN(C(=O)c4ccc(Cl)cc4)CC3)C2)n1. The highest BCUT2D eigenvalue weighted by molar-refractivity contribution is 6.30. The summed E-state index contributed by atoms with van der Waals surface area (Å²) in [5.41, 5.74) is 2.62. The third-order valence-electron chi connectivity index (χ3n) is 6.16. The van der Waals surface area contributed by atoms with Gasteiger partial charge in [-0.05, 0) is 43.2 Å². The fraction of sp³-hybridized carbons (Fsp3) is 0.522. The number of piperazine rings is 1. The molecule has 2 atom stereocenters. The molecule has 166 valence electrons. The normalized spacial score (nSPS) is 22.4. The van der Waals surface area contributed by atoms with E-state index in [-0.39, 0.29) is 11.9 Å². The molecule has 3 heterocycles. The number of amides is 1. The van der Waals surface area contributed by atoms with Crippen LogP contribution >= 0.6 is 11.6 Å². The molecule has 8 heteroatoms. The third kappa shape index (κ3) is 4.84. The molecule has 2 saturated heterocycles. The van der Waals surface area contributed by atoms with Gasteiger partial charge >= 0.3 is 0 Å². The predicted molar refractivity (Wildman–Crippen MR) is 122 cm³/mol. The van der Waals surface area contributed by atoms with E-state index in [0.717, 1.165) is 24.5 Å². The number of rotatable bonds is 4. The Balaban J connectivity index is 1.38. The maximum atomic E-state index is 12.7. The Hall–Kier alpha value is -2.22. The van der Waals surface area contributed by atoms with Crippen molar-refractivity contribution in [2.45, 2.75) is 38.8 Å². The van der Waals surface area contributed by atoms with Crippen molar-refractivity contribution in [1.29, 1.82) is 0 Å². The van der Waals surface area contributed by atoms with Crippen molar-refractivity contribution in [2.75, 3.05) is 44.2 Å². The molecule has 2 aliphatic heterocycles. The van der Waals surface area contributed by atoms with Crippen molar-refractivity contribution in [1.82, 2.24) is 19.8 Å². The van der Waals surface area contributed by atoms with Gasteiger partial charge in [0.15, 0.2) is 0 Å². The number of aliphatic hydroxyl groups is 1. The summed E-state index contributed by atoms with van der Waals surface area (Å²) in [6.45, 7) is 10.2. The van der Waals surface area contributed by atoms with Gasteiger partial charge in [0.25, 0.3) is 5.91 Å². The third-order valence-corrected chi connectivity index (χ3v) is 6.41. The molecule has 4 rings (SSSR count). The predicted octanol–water partition coefficient (Wildman–Crippen LogP) is 2.57. The summed E-state index contributed by atoms with van der Waals surface area (Å²) < 4.78 is 0. The molecule has 0 radical (unpaired) electrons. The van der Waals surface area contributed by atoms with Gasteiger partial charge in [-0.3, -0.25) is 9.69 Å². The molecule has 1 N–H and O–H groups in total. The highest BCUT2D eigenvalue weighted by Crippen LogP contribution is 2.24. The Bertz CT molecular complexity index is 928. The molecule has 1 aromatic carbocycles. The van der Waals surface area contributed by atoms with Crippen molar-refractivity contribution in [2.24, 2.45) is 0 Å². The lowest BCUT2D eigenvalue weighted by molar-refractivity contribution is 0.0376. The summed E-state index contributed by atoms with van der Waals surface area (Å²) in [4.78, 5) is 28.3. The number of carbonyl (C=O) groups is 1. The zero-order valence-corrected chi connectivity index (χ0v) is 19.1. The Labute approximate surface area is 188 Å². The molecule has 1 aromatic heterocycles. The summed E-state index contributed by atoms with van der Waals surface area (Å²) in [7, 11) is 0. The second-order valence-electron chi connectivity index (χ2n) is 8.76. The number of carbonyl (C=O) groups excluding carboxylic acids is 1. The van der Waals surface area contributed by atoms with Crippen LogP contribution in [-0.2, 0) is 0 Å². The maximum Gasteiger partial charge on any atom is 0.253 e. The van der Waals surface area contributed by atoms with Crippen molar-refractivity contribution in [3.8, 4) is 0 Å². The molecule has 2 fully saturated rings. The van der Waals surface area contributed by atoms with Gasteiger partial charge in [-0.25, -0.2) is 9.97 Å². The van der Waals surface area contributed by atoms with E-state index in [1.54, 1.807) is 24.3 Å². The van der Waals surface area contributed by atoms with Crippen molar-refractivity contribution < 1.29 is 9.90 Å². The highest BCUT2D eigenvalue weighted by Gasteiger charge is 2.38. The van der Waals surface area contributed by atoms with Crippen LogP contribution in [0, 0.1) is 6.92 Å². The Morgan fingerprint density at radius 3 is 2.42 bits per heavy atom. The fourth-order valence-corrected chi connectivity index (χ4v) is 4.46. The molecule has 31 heavy (non-hydrogen) atoms. The van der Waals surface area contributed by atoms with Crippen LogP contribution in [-0.4, -0.2) is 82.2 Å². The largest absolute Gasteiger partial charge is 0.390 e. The van der Waals surface area contributed by atoms with E-state index >= 15 is 0 Å². The number of nitrogens with zero attached hydrogens (tertiary/aromatic N) is 5. The van der Waals surface area contributed by atoms with Crippen LogP contribution in [0.3, 0.4) is 0 Å². The lowest BCUT2D eigenvalue weighted by atomic mass is 10.1. The summed E-state index contributed by atoms with van der Waals surface area (Å²) >= 11 is 5.93. The van der Waals surface area contributed by atoms with Gasteiger partial charge in [0.1, 0.15) is 0 Å². The molecule has 7 nitrogen and oxygen atoms in total. The van der Waals surface area contributed by atoms with E-state index < -0.39 is 6.10 Å². The maximum absolute atomic E-state index is 12.7. The zero-order valence-electron chi connectivity index (χ0n) is 18.3. The van der Waals surface area contributed by atoms with Crippen LogP contribution < -0.4 is 4.90 Å². The second kappa shape index (κ2) is 9.10. The van der Waals surface area contributed by atoms with Crippen LogP contribution in [0.1, 0.15) is 41.5 Å². The number of halogens is 1. The Morgan fingerprint density at radius 1 is 1.10 bits per heavy atom. The first kappa shape index (κ1) is 22.0. The Morgan fingerprint density at radius 2 is 1.77 bits per heavy atom. The van der Waals surface area contributed by atoms with Crippen LogP contribution in [0.2, 0.25) is 5.02 Å². The van der Waals surface area contributed by atoms with E-state index in [0.29, 0.717) is 48.6 Å². The molecule has 2 aliphatic rings. The average Bonchev–Trinajstić information content (AvgIpc) is 3.15. The lowest BCUT2D eigenvalue weighted by Gasteiger charge is -2.38. The van der Waals surface area contributed by atoms with Gasteiger partial charge in [-0.1, -0.05) is 25.4 Å². The fourth-order valence-electron chi connectivity index (χ4n) is 4.34. The first-order valence-corrected chi connectivity index (χ1v) is 11.3. The molecule has 2 aromatic rings. The number of aromatic nitrogens is 2. The quantitative estimate of drug-likeness (QED) is 0.783. The minimum Gasteiger partial charge on any atom is -0.390 e. The van der Waals surface area contributed by atoms with Gasteiger partial charge in [-0.2, -0.15) is 0 Å². The monoisotopic (exact) mass is 443 g/mol. The van der Waals surface area contributed by atoms with E-state index in [4.69, 9.17) is 16.6 Å². The van der Waals surface area contributed by atoms with E-state index in [1.807, 2.05) is 17.9 Å². The van der Waals surface area contributed by atoms with Crippen molar-refractivity contribution >= 4 is 23.5 Å². The van der Waals surface area contributed by atoms with Gasteiger partial charge in [-0.15, -0.1) is 0 Å². The molecule has 1 amide bonds. The lowest BCUT2D eigenvalue weighted by Crippen LogP contribution is -2.54. The molecular weight excluding hydrogens is 414 g/mol. The number of aryl methyl sites for hydroxylation is 1. The molecular formula is C23H30ClN5O2. The van der Waals surface area contributed by atoms with Crippen molar-refractivity contribution in [3.63, 3.8) is 0 Å². The van der Waals surface area contributed by atoms with E-state index in [1.165, 1.54) is 0 Å². The second-order valence-corrected chi connectivity index (χ2v) is 9.20. The highest BCUT2D eigenvalue weighted by atomic mass is 35.5. The smallest absolute Gasteiger partial charge is 0.253 e. The minimum atomic E-state index is -0.467. The zero-order chi connectivity index (χ0) is 22.1. The van der Waals surface area contributed by atoms with Crippen LogP contribution in [0.5, 0.6) is 0 Å². The Kier molecular flexibility index (Phi) is 6.46. The van der Waals surface area contributed by atoms with Crippen LogP contribution in [0.25, 0.3) is 0 Å². The molecule has 0 aliphatic carbocycles. The number of benzene rings is 1. The molecule has 0 saturated carbocycles. The average molecular weight is 444 g/mol. The summed E-state index contributed by atoms with van der Waals surface area (Å²) in [6.07, 6.45) is -0.467. The number of hydrogen-bond donors (Lipinski definition) is 1. The summed E-state index contributed by atoms with van der Waals surface area (Å²) in [5, 5.41) is 11.4. The number of anilines is 1. The first-order valence-electron chi connectivity index (χ1n) is 10.9. The topological polar surface area (TPSA) is 72.8 Å². The molecule has 0 unspecified atom stereocenters. The first-order chi connectivity index (χ1) is 14.8. The van der Waals surface area contributed by atoms with Crippen molar-refractivity contribution in [3.05, 3.63) is 52.3 Å². The number of β-amino-alcohol motifs (C(OH)–C–C–N with tert-alkyl or cyclic N) is 1. The summed E-state index contributed by atoms with van der Waals surface area (Å²) in [5.74, 6) is 1.05. The number of hydrogen-bond acceptors (Lipinski definition) is 6. The molecule has 0 spiro atoms. The standard InChI is InChI=1S/C23H30ClN5O2/c1-15(2)19-12-16(3)25-23(26-19)29-13-20(21(30)14-29)27-8-10-28(11-9-27)22(31)17-4-6-18(24)7-5-17/h4-7,12,15,20-21,30H,8-11,13-14H2,1-3H3/t20-,21-/m1/s1. The number of aliphatic hydroxyl groups excluding tert-OH is 1. The van der Waals surface area contributed by atoms with Gasteiger partial charge < -0.3 is 14.9 Å². The van der Waals surface area contributed by atoms with Crippen LogP contribution in [0.4, 0.5) is 5.95 Å². The van der Waals surface area contributed by atoms with Gasteiger partial charge in [0.2, 0.25) is 5.95 Å². The van der Waals surface area contributed by atoms with Gasteiger partial charge in [0.05, 0.1) is 12.1 Å². The van der Waals surface area contributed by atoms with Gasteiger partial charge in [0, 0.05) is 61.2 Å². The van der Waals surface area contributed by atoms with Crippen LogP contribution in [0.15, 0.2) is 30.3 Å². The molecule has 0 bridgehead atoms. The van der Waals surface area contributed by atoms with E-state index in [9.17, 15) is 9.90 Å². The minimum absolute atomic E-state index is 0.0133. The van der Waals surface area contributed by atoms with E-state index in [2.05, 4.69) is 28.6 Å². The summed E-state index contributed by atoms with van der Waals surface area (Å²) in [6, 6.07) is 9.06.